The van der Waals surface area contributed by atoms with Crippen LogP contribution < -0.4 is 10.6 Å². The van der Waals surface area contributed by atoms with Crippen LogP contribution in [-0.4, -0.2) is 54.1 Å². The van der Waals surface area contributed by atoms with Crippen molar-refractivity contribution in [2.45, 2.75) is 25.3 Å². The molecule has 1 fully saturated rings. The zero-order chi connectivity index (χ0) is 14.5. The van der Waals surface area contributed by atoms with Crippen molar-refractivity contribution in [1.82, 2.24) is 25.6 Å². The maximum atomic E-state index is 11.8. The van der Waals surface area contributed by atoms with Crippen LogP contribution in [0.5, 0.6) is 0 Å². The van der Waals surface area contributed by atoms with Crippen molar-refractivity contribution in [2.24, 2.45) is 0 Å². The summed E-state index contributed by atoms with van der Waals surface area (Å²) in [4.78, 5) is 23.3. The molecule has 1 aliphatic rings. The highest BCUT2D eigenvalue weighted by atomic mass is 16.5. The van der Waals surface area contributed by atoms with Crippen molar-refractivity contribution in [3.05, 3.63) is 11.4 Å². The number of carbonyl (C=O) groups is 2. The van der Waals surface area contributed by atoms with Crippen molar-refractivity contribution < 1.29 is 14.3 Å². The Morgan fingerprint density at radius 1 is 1.45 bits per heavy atom. The molecule has 8 heteroatoms. The van der Waals surface area contributed by atoms with Crippen LogP contribution in [0.15, 0.2) is 0 Å². The van der Waals surface area contributed by atoms with E-state index in [2.05, 4.69) is 20.9 Å². The van der Waals surface area contributed by atoms with Gasteiger partial charge in [-0.2, -0.15) is 0 Å². The standard InChI is InChI=1S/C12H19N5O3/c1-13-9(18)7-17-11(8-3-5-14-6-4-8)10(15-16-17)12(19)20-2/h8,14H,3-7H2,1-2H3,(H,13,18). The van der Waals surface area contributed by atoms with E-state index < -0.39 is 5.97 Å². The molecular weight excluding hydrogens is 262 g/mol. The molecule has 0 saturated carbocycles. The summed E-state index contributed by atoms with van der Waals surface area (Å²) in [5.74, 6) is -0.534. The van der Waals surface area contributed by atoms with Crippen molar-refractivity contribution in [2.75, 3.05) is 27.2 Å². The molecule has 8 nitrogen and oxygen atoms in total. The van der Waals surface area contributed by atoms with Crippen LogP contribution in [0.2, 0.25) is 0 Å². The molecule has 1 aliphatic heterocycles. The number of nitrogens with one attached hydrogen (secondary N) is 2. The van der Waals surface area contributed by atoms with Crippen LogP contribution in [0.1, 0.15) is 34.9 Å². The summed E-state index contributed by atoms with van der Waals surface area (Å²) in [7, 11) is 2.87. The summed E-state index contributed by atoms with van der Waals surface area (Å²) in [5.41, 5.74) is 0.908. The van der Waals surface area contributed by atoms with E-state index >= 15 is 0 Å². The van der Waals surface area contributed by atoms with Gasteiger partial charge < -0.3 is 15.4 Å². The molecule has 2 rings (SSSR count). The van der Waals surface area contributed by atoms with Gasteiger partial charge in [-0.15, -0.1) is 5.10 Å². The Labute approximate surface area is 116 Å². The fourth-order valence-corrected chi connectivity index (χ4v) is 2.39. The Kier molecular flexibility index (Phi) is 4.67. The zero-order valence-electron chi connectivity index (χ0n) is 11.7. The number of hydrogen-bond donors (Lipinski definition) is 2. The fraction of sp³-hybridized carbons (Fsp3) is 0.667. The van der Waals surface area contributed by atoms with E-state index in [1.165, 1.54) is 11.8 Å². The van der Waals surface area contributed by atoms with Crippen LogP contribution >= 0.6 is 0 Å². The molecule has 0 unspecified atom stereocenters. The minimum Gasteiger partial charge on any atom is -0.464 e. The van der Waals surface area contributed by atoms with E-state index in [0.29, 0.717) is 5.69 Å². The van der Waals surface area contributed by atoms with Gasteiger partial charge in [-0.05, 0) is 25.9 Å². The molecule has 0 bridgehead atoms. The van der Waals surface area contributed by atoms with Crippen LogP contribution in [-0.2, 0) is 16.1 Å². The minimum atomic E-state index is -0.512. The third-order valence-electron chi connectivity index (χ3n) is 3.45. The van der Waals surface area contributed by atoms with Crippen LogP contribution in [0.25, 0.3) is 0 Å². The first kappa shape index (κ1) is 14.4. The van der Waals surface area contributed by atoms with Crippen molar-refractivity contribution >= 4 is 11.9 Å². The second-order valence-corrected chi connectivity index (χ2v) is 4.67. The Balaban J connectivity index is 2.33. The smallest absolute Gasteiger partial charge is 0.360 e. The molecule has 1 aromatic heterocycles. The fourth-order valence-electron chi connectivity index (χ4n) is 2.39. The van der Waals surface area contributed by atoms with Gasteiger partial charge in [-0.1, -0.05) is 5.21 Å². The molecule has 0 aliphatic carbocycles. The second kappa shape index (κ2) is 6.47. The summed E-state index contributed by atoms with van der Waals surface area (Å²) < 4.78 is 6.24. The molecule has 0 spiro atoms. The Bertz CT molecular complexity index is 493. The van der Waals surface area contributed by atoms with Crippen molar-refractivity contribution in [3.8, 4) is 0 Å². The van der Waals surface area contributed by atoms with Gasteiger partial charge in [0.2, 0.25) is 5.91 Å². The summed E-state index contributed by atoms with van der Waals surface area (Å²) in [6.07, 6.45) is 1.76. The van der Waals surface area contributed by atoms with Gasteiger partial charge in [0.15, 0.2) is 5.69 Å². The SMILES string of the molecule is CNC(=O)Cn1nnc(C(=O)OC)c1C1CCNCC1. The first-order chi connectivity index (χ1) is 9.67. The van der Waals surface area contributed by atoms with Gasteiger partial charge >= 0.3 is 5.97 Å². The average molecular weight is 281 g/mol. The highest BCUT2D eigenvalue weighted by Gasteiger charge is 2.28. The van der Waals surface area contributed by atoms with Crippen molar-refractivity contribution in [3.63, 3.8) is 0 Å². The zero-order valence-corrected chi connectivity index (χ0v) is 11.7. The Morgan fingerprint density at radius 3 is 2.75 bits per heavy atom. The van der Waals surface area contributed by atoms with Crippen LogP contribution in [0.4, 0.5) is 0 Å². The van der Waals surface area contributed by atoms with E-state index in [9.17, 15) is 9.59 Å². The third-order valence-corrected chi connectivity index (χ3v) is 3.45. The molecule has 0 atom stereocenters. The molecule has 0 aromatic carbocycles. The van der Waals surface area contributed by atoms with Gasteiger partial charge in [0.1, 0.15) is 6.54 Å². The molecular formula is C12H19N5O3. The largest absolute Gasteiger partial charge is 0.464 e. The number of piperidine rings is 1. The first-order valence-corrected chi connectivity index (χ1v) is 6.60. The van der Waals surface area contributed by atoms with Gasteiger partial charge in [0.25, 0.3) is 0 Å². The normalized spacial score (nSPS) is 15.9. The lowest BCUT2D eigenvalue weighted by Crippen LogP contribution is -2.30. The highest BCUT2D eigenvalue weighted by Crippen LogP contribution is 2.27. The van der Waals surface area contributed by atoms with Gasteiger partial charge in [0.05, 0.1) is 12.8 Å². The van der Waals surface area contributed by atoms with Gasteiger partial charge in [-0.3, -0.25) is 4.79 Å². The van der Waals surface area contributed by atoms with E-state index in [-0.39, 0.29) is 24.1 Å². The number of methoxy groups -OCH3 is 1. The molecule has 1 aromatic rings. The Morgan fingerprint density at radius 2 is 2.15 bits per heavy atom. The molecule has 2 N–H and O–H groups in total. The number of aromatic nitrogens is 3. The lowest BCUT2D eigenvalue weighted by Gasteiger charge is -2.23. The number of ether oxygens (including phenoxy) is 1. The van der Waals surface area contributed by atoms with E-state index in [4.69, 9.17) is 4.74 Å². The summed E-state index contributed by atoms with van der Waals surface area (Å²) in [6.45, 7) is 1.80. The van der Waals surface area contributed by atoms with Gasteiger partial charge in [0, 0.05) is 13.0 Å². The van der Waals surface area contributed by atoms with Gasteiger partial charge in [-0.25, -0.2) is 9.48 Å². The second-order valence-electron chi connectivity index (χ2n) is 4.67. The predicted molar refractivity (Wildman–Crippen MR) is 70.3 cm³/mol. The van der Waals surface area contributed by atoms with E-state index in [1.54, 1.807) is 7.05 Å². The number of carbonyl (C=O) groups excluding carboxylic acids is 2. The van der Waals surface area contributed by atoms with E-state index in [1.807, 2.05) is 0 Å². The van der Waals surface area contributed by atoms with Crippen molar-refractivity contribution in [1.29, 1.82) is 0 Å². The average Bonchev–Trinajstić information content (AvgIpc) is 2.90. The predicted octanol–water partition coefficient (Wildman–Crippen LogP) is -0.722. The maximum absolute atomic E-state index is 11.8. The molecule has 0 radical (unpaired) electrons. The highest BCUT2D eigenvalue weighted by molar-refractivity contribution is 5.88. The number of likely N-dealkylation sites (N-methyl/N-ethyl adjacent to an activating group) is 1. The molecule has 110 valence electrons. The quantitative estimate of drug-likeness (QED) is 0.707. The number of esters is 1. The first-order valence-electron chi connectivity index (χ1n) is 6.60. The number of rotatable bonds is 4. The summed E-state index contributed by atoms with van der Waals surface area (Å²) in [6, 6.07) is 0. The molecule has 20 heavy (non-hydrogen) atoms. The number of amides is 1. The minimum absolute atomic E-state index is 0.0553. The summed E-state index contributed by atoms with van der Waals surface area (Å²) in [5, 5.41) is 13.6. The number of nitrogens with zero attached hydrogens (tertiary/aromatic N) is 3. The molecule has 2 heterocycles. The Hall–Kier alpha value is -1.96. The summed E-state index contributed by atoms with van der Waals surface area (Å²) >= 11 is 0. The maximum Gasteiger partial charge on any atom is 0.360 e. The lowest BCUT2D eigenvalue weighted by molar-refractivity contribution is -0.121. The molecule has 1 saturated heterocycles. The van der Waals surface area contributed by atoms with Crippen LogP contribution in [0, 0.1) is 0 Å². The number of hydrogen-bond acceptors (Lipinski definition) is 6. The van der Waals surface area contributed by atoms with Crippen LogP contribution in [0.3, 0.4) is 0 Å². The lowest BCUT2D eigenvalue weighted by atomic mass is 9.93. The van der Waals surface area contributed by atoms with E-state index in [0.717, 1.165) is 25.9 Å². The topological polar surface area (TPSA) is 98.1 Å². The third kappa shape index (κ3) is 2.96. The molecule has 1 amide bonds. The monoisotopic (exact) mass is 281 g/mol.